The molecule has 5 nitrogen and oxygen atoms in total. The highest BCUT2D eigenvalue weighted by molar-refractivity contribution is 7.91. The molecule has 0 radical (unpaired) electrons. The lowest BCUT2D eigenvalue weighted by Crippen LogP contribution is -2.18. The topological polar surface area (TPSA) is 64.0 Å². The van der Waals surface area contributed by atoms with Gasteiger partial charge in [0.05, 0.1) is 11.9 Å². The molecule has 19 heavy (non-hydrogen) atoms. The highest BCUT2D eigenvalue weighted by Crippen LogP contribution is 2.01. The first kappa shape index (κ1) is 16.2. The molecule has 0 aliphatic rings. The molecule has 110 valence electrons. The molecule has 0 spiro atoms. The van der Waals surface area contributed by atoms with Crippen LogP contribution < -0.4 is 5.32 Å². The van der Waals surface area contributed by atoms with E-state index in [0.717, 1.165) is 18.7 Å². The lowest BCUT2D eigenvalue weighted by Gasteiger charge is -2.05. The van der Waals surface area contributed by atoms with E-state index in [4.69, 9.17) is 0 Å². The van der Waals surface area contributed by atoms with Gasteiger partial charge in [-0.05, 0) is 18.9 Å². The van der Waals surface area contributed by atoms with Crippen LogP contribution in [-0.4, -0.2) is 36.2 Å². The first-order valence-electron chi connectivity index (χ1n) is 6.85. The van der Waals surface area contributed by atoms with Gasteiger partial charge in [0.1, 0.15) is 9.84 Å². The van der Waals surface area contributed by atoms with Gasteiger partial charge in [-0.25, -0.2) is 8.42 Å². The molecule has 0 bridgehead atoms. The third-order valence-electron chi connectivity index (χ3n) is 2.85. The van der Waals surface area contributed by atoms with E-state index >= 15 is 0 Å². The van der Waals surface area contributed by atoms with Crippen molar-refractivity contribution >= 4 is 9.84 Å². The van der Waals surface area contributed by atoms with E-state index in [9.17, 15) is 8.42 Å². The van der Waals surface area contributed by atoms with E-state index in [1.807, 2.05) is 17.1 Å². The van der Waals surface area contributed by atoms with Gasteiger partial charge in [-0.15, -0.1) is 0 Å². The largest absolute Gasteiger partial charge is 0.312 e. The molecule has 0 saturated carbocycles. The first-order chi connectivity index (χ1) is 8.93. The first-order valence-corrected chi connectivity index (χ1v) is 8.67. The molecule has 6 heteroatoms. The minimum absolute atomic E-state index is 0.219. The Kier molecular flexibility index (Phi) is 6.51. The molecule has 0 saturated heterocycles. The van der Waals surface area contributed by atoms with Crippen LogP contribution in [0.3, 0.4) is 0 Å². The molecular weight excluding hydrogens is 262 g/mol. The third-order valence-corrected chi connectivity index (χ3v) is 4.64. The van der Waals surface area contributed by atoms with Crippen LogP contribution in [0.5, 0.6) is 0 Å². The van der Waals surface area contributed by atoms with Crippen molar-refractivity contribution in [2.45, 2.75) is 40.3 Å². The summed E-state index contributed by atoms with van der Waals surface area (Å²) in [6.45, 7) is 8.48. The van der Waals surface area contributed by atoms with Gasteiger partial charge >= 0.3 is 0 Å². The van der Waals surface area contributed by atoms with Crippen LogP contribution in [0.4, 0.5) is 0 Å². The minimum Gasteiger partial charge on any atom is -0.312 e. The van der Waals surface area contributed by atoms with Gasteiger partial charge in [0.15, 0.2) is 0 Å². The maximum absolute atomic E-state index is 11.4. The Bertz CT molecular complexity index is 466. The normalized spacial score (nSPS) is 12.2. The third kappa shape index (κ3) is 6.73. The van der Waals surface area contributed by atoms with E-state index in [1.165, 1.54) is 0 Å². The SMILES string of the molecule is CCS(=O)(=O)CCCn1cc(CNCC(C)C)cn1. The van der Waals surface area contributed by atoms with Gasteiger partial charge in [-0.1, -0.05) is 20.8 Å². The minimum atomic E-state index is -2.86. The number of aromatic nitrogens is 2. The fourth-order valence-corrected chi connectivity index (χ4v) is 2.57. The number of nitrogens with one attached hydrogen (secondary N) is 1. The quantitative estimate of drug-likeness (QED) is 0.747. The van der Waals surface area contributed by atoms with Crippen LogP contribution in [0.15, 0.2) is 12.4 Å². The Balaban J connectivity index is 2.31. The summed E-state index contributed by atoms with van der Waals surface area (Å²) in [6.07, 6.45) is 4.43. The molecule has 0 atom stereocenters. The zero-order valence-corrected chi connectivity index (χ0v) is 12.9. The molecule has 0 amide bonds. The van der Waals surface area contributed by atoms with E-state index in [-0.39, 0.29) is 11.5 Å². The van der Waals surface area contributed by atoms with Gasteiger partial charge in [-0.2, -0.15) is 5.10 Å². The van der Waals surface area contributed by atoms with Crippen LogP contribution in [0.2, 0.25) is 0 Å². The van der Waals surface area contributed by atoms with Crippen LogP contribution in [0.25, 0.3) is 0 Å². The number of nitrogens with zero attached hydrogens (tertiary/aromatic N) is 2. The lowest BCUT2D eigenvalue weighted by molar-refractivity contribution is 0.551. The summed E-state index contributed by atoms with van der Waals surface area (Å²) < 4.78 is 24.5. The van der Waals surface area contributed by atoms with E-state index in [1.54, 1.807) is 6.92 Å². The summed E-state index contributed by atoms with van der Waals surface area (Å²) in [5.41, 5.74) is 1.14. The van der Waals surface area contributed by atoms with Crippen molar-refractivity contribution in [3.8, 4) is 0 Å². The summed E-state index contributed by atoms with van der Waals surface area (Å²) in [7, 11) is -2.86. The molecule has 0 aliphatic carbocycles. The van der Waals surface area contributed by atoms with E-state index < -0.39 is 9.84 Å². The van der Waals surface area contributed by atoms with Crippen molar-refractivity contribution in [1.82, 2.24) is 15.1 Å². The van der Waals surface area contributed by atoms with Gasteiger partial charge in [-0.3, -0.25) is 4.68 Å². The molecule has 0 unspecified atom stereocenters. The summed E-state index contributed by atoms with van der Waals surface area (Å²) in [5.74, 6) is 1.09. The predicted molar refractivity (Wildman–Crippen MR) is 77.7 cm³/mol. The van der Waals surface area contributed by atoms with Crippen LogP contribution in [0.1, 0.15) is 32.8 Å². The smallest absolute Gasteiger partial charge is 0.150 e. The fourth-order valence-electron chi connectivity index (χ4n) is 1.72. The zero-order valence-electron chi connectivity index (χ0n) is 12.1. The number of rotatable bonds is 9. The standard InChI is InChI=1S/C13H25N3O2S/c1-4-19(17,18)7-5-6-16-11-13(10-15-16)9-14-8-12(2)3/h10-12,14H,4-9H2,1-3H3. The van der Waals surface area contributed by atoms with E-state index in [2.05, 4.69) is 24.3 Å². The van der Waals surface area contributed by atoms with Crippen LogP contribution in [0, 0.1) is 5.92 Å². The number of hydrogen-bond donors (Lipinski definition) is 1. The monoisotopic (exact) mass is 287 g/mol. The highest BCUT2D eigenvalue weighted by Gasteiger charge is 2.07. The highest BCUT2D eigenvalue weighted by atomic mass is 32.2. The Morgan fingerprint density at radius 2 is 2.16 bits per heavy atom. The van der Waals surface area contributed by atoms with Gasteiger partial charge in [0.2, 0.25) is 0 Å². The van der Waals surface area contributed by atoms with Gasteiger partial charge in [0.25, 0.3) is 0 Å². The van der Waals surface area contributed by atoms with Crippen LogP contribution >= 0.6 is 0 Å². The Hall–Kier alpha value is -0.880. The second-order valence-corrected chi connectivity index (χ2v) is 7.70. The van der Waals surface area contributed by atoms with E-state index in [0.29, 0.717) is 18.9 Å². The van der Waals surface area contributed by atoms with Crippen molar-refractivity contribution in [3.05, 3.63) is 18.0 Å². The molecule has 1 N–H and O–H groups in total. The summed E-state index contributed by atoms with van der Waals surface area (Å²) >= 11 is 0. The fraction of sp³-hybridized carbons (Fsp3) is 0.769. The molecule has 0 fully saturated rings. The Morgan fingerprint density at radius 1 is 1.42 bits per heavy atom. The molecule has 1 aromatic heterocycles. The van der Waals surface area contributed by atoms with Crippen LogP contribution in [-0.2, 0) is 22.9 Å². The van der Waals surface area contributed by atoms with Crippen molar-refractivity contribution in [1.29, 1.82) is 0 Å². The Morgan fingerprint density at radius 3 is 2.79 bits per heavy atom. The van der Waals surface area contributed by atoms with Gasteiger partial charge < -0.3 is 5.32 Å². The average molecular weight is 287 g/mol. The number of sulfone groups is 1. The number of hydrogen-bond acceptors (Lipinski definition) is 4. The second-order valence-electron chi connectivity index (χ2n) is 5.23. The lowest BCUT2D eigenvalue weighted by atomic mass is 10.2. The summed E-state index contributed by atoms with van der Waals surface area (Å²) in [6, 6.07) is 0. The maximum Gasteiger partial charge on any atom is 0.150 e. The number of aryl methyl sites for hydroxylation is 1. The second kappa shape index (κ2) is 7.65. The van der Waals surface area contributed by atoms with Crippen molar-refractivity contribution < 1.29 is 8.42 Å². The molecule has 0 aliphatic heterocycles. The van der Waals surface area contributed by atoms with Crippen molar-refractivity contribution in [3.63, 3.8) is 0 Å². The molecule has 1 aromatic rings. The zero-order chi connectivity index (χ0) is 14.3. The van der Waals surface area contributed by atoms with Crippen molar-refractivity contribution in [2.24, 2.45) is 5.92 Å². The molecule has 0 aromatic carbocycles. The maximum atomic E-state index is 11.4. The van der Waals surface area contributed by atoms with Gasteiger partial charge in [0, 0.05) is 30.6 Å². The van der Waals surface area contributed by atoms with Crippen molar-refractivity contribution in [2.75, 3.05) is 18.1 Å². The molecule has 1 rings (SSSR count). The summed E-state index contributed by atoms with van der Waals surface area (Å²) in [4.78, 5) is 0. The molecular formula is C13H25N3O2S. The Labute approximate surface area is 116 Å². The average Bonchev–Trinajstić information content (AvgIpc) is 2.76. The summed E-state index contributed by atoms with van der Waals surface area (Å²) in [5, 5.41) is 7.60. The molecule has 1 heterocycles. The predicted octanol–water partition coefficient (Wildman–Crippen LogP) is 1.45.